The van der Waals surface area contributed by atoms with E-state index in [2.05, 4.69) is 37.1 Å². The molecule has 0 spiro atoms. The normalized spacial score (nSPS) is 14.1. The number of anilines is 1. The predicted octanol–water partition coefficient (Wildman–Crippen LogP) is 4.86. The molecule has 0 bridgehead atoms. The van der Waals surface area contributed by atoms with E-state index in [1.807, 2.05) is 29.8 Å². The van der Waals surface area contributed by atoms with Crippen LogP contribution in [-0.2, 0) is 24.8 Å². The fourth-order valence-electron chi connectivity index (χ4n) is 3.76. The molecule has 35 heavy (non-hydrogen) atoms. The first-order valence-corrected chi connectivity index (χ1v) is 10.9. The number of aryl methyl sites for hydroxylation is 1. The second-order valence-electron chi connectivity index (χ2n) is 8.27. The van der Waals surface area contributed by atoms with Gasteiger partial charge in [-0.1, -0.05) is 18.2 Å². The van der Waals surface area contributed by atoms with Crippen LogP contribution in [0.15, 0.2) is 54.9 Å². The van der Waals surface area contributed by atoms with Gasteiger partial charge in [0.25, 0.3) is 0 Å². The highest BCUT2D eigenvalue weighted by atomic mass is 19.4. The maximum atomic E-state index is 12.2. The fraction of sp³-hybridized carbons (Fsp3) is 0.292. The highest BCUT2D eigenvalue weighted by Gasteiger charge is 2.31. The number of halogens is 3. The number of nitrogens with zero attached hydrogens (tertiary/aromatic N) is 4. The van der Waals surface area contributed by atoms with E-state index in [1.54, 1.807) is 12.1 Å². The van der Waals surface area contributed by atoms with Crippen LogP contribution in [0.25, 0.3) is 11.0 Å². The Hall–Kier alpha value is -3.86. The molecule has 8 nitrogen and oxygen atoms in total. The van der Waals surface area contributed by atoms with Crippen molar-refractivity contribution in [3.63, 3.8) is 0 Å². The van der Waals surface area contributed by atoms with Crippen molar-refractivity contribution in [1.29, 1.82) is 0 Å². The highest BCUT2D eigenvalue weighted by molar-refractivity contribution is 5.79. The van der Waals surface area contributed by atoms with Gasteiger partial charge in [0.1, 0.15) is 5.75 Å². The first-order valence-electron chi connectivity index (χ1n) is 10.9. The van der Waals surface area contributed by atoms with Crippen molar-refractivity contribution in [2.45, 2.75) is 19.3 Å². The molecule has 2 aromatic carbocycles. The quantitative estimate of drug-likeness (QED) is 0.382. The average Bonchev–Trinajstić information content (AvgIpc) is 3.11. The van der Waals surface area contributed by atoms with E-state index in [9.17, 15) is 13.2 Å². The van der Waals surface area contributed by atoms with Crippen molar-refractivity contribution < 1.29 is 27.4 Å². The maximum absolute atomic E-state index is 12.2. The first kappa shape index (κ1) is 22.9. The standard InChI is InChI=1S/C24H22F3N5O3/c1-32-21-9-16(8-17-13-33-14-17)4-7-20(21)31-22(32)28-10-15-2-5-18(6-3-15)34-23-29-11-19(12-30-23)35-24(25,26)27/h2-7,9,11-12,17H,8,10,13-14H2,1H3,(H,28,31). The molecule has 0 radical (unpaired) electrons. The predicted molar refractivity (Wildman–Crippen MR) is 121 cm³/mol. The molecular weight excluding hydrogens is 463 g/mol. The molecule has 1 fully saturated rings. The summed E-state index contributed by atoms with van der Waals surface area (Å²) in [5, 5.41) is 3.36. The van der Waals surface area contributed by atoms with E-state index in [0.717, 1.165) is 54.6 Å². The summed E-state index contributed by atoms with van der Waals surface area (Å²) in [6.45, 7) is 2.20. The van der Waals surface area contributed by atoms with E-state index in [0.29, 0.717) is 18.2 Å². The number of benzene rings is 2. The minimum atomic E-state index is -4.80. The van der Waals surface area contributed by atoms with Crippen LogP contribution >= 0.6 is 0 Å². The smallest absolute Gasteiger partial charge is 0.424 e. The summed E-state index contributed by atoms with van der Waals surface area (Å²) >= 11 is 0. The van der Waals surface area contributed by atoms with E-state index in [1.165, 1.54) is 5.56 Å². The van der Waals surface area contributed by atoms with Gasteiger partial charge in [-0.2, -0.15) is 9.97 Å². The summed E-state index contributed by atoms with van der Waals surface area (Å²) in [5.74, 6) is 1.29. The van der Waals surface area contributed by atoms with Crippen LogP contribution in [-0.4, -0.2) is 39.1 Å². The molecule has 4 aromatic rings. The Kier molecular flexibility index (Phi) is 6.16. The number of rotatable bonds is 8. The van der Waals surface area contributed by atoms with E-state index < -0.39 is 12.1 Å². The lowest BCUT2D eigenvalue weighted by Crippen LogP contribution is -2.29. The number of imidazole rings is 1. The Morgan fingerprint density at radius 3 is 2.40 bits per heavy atom. The average molecular weight is 485 g/mol. The molecule has 1 N–H and O–H groups in total. The monoisotopic (exact) mass is 485 g/mol. The number of nitrogens with one attached hydrogen (secondary N) is 1. The molecule has 0 aliphatic carbocycles. The van der Waals surface area contributed by atoms with Crippen molar-refractivity contribution >= 4 is 17.0 Å². The zero-order valence-corrected chi connectivity index (χ0v) is 18.7. The molecule has 0 atom stereocenters. The molecule has 0 saturated carbocycles. The number of hydrogen-bond donors (Lipinski definition) is 1. The third-order valence-corrected chi connectivity index (χ3v) is 5.60. The van der Waals surface area contributed by atoms with Gasteiger partial charge in [-0.3, -0.25) is 0 Å². The first-order chi connectivity index (χ1) is 16.8. The number of fused-ring (bicyclic) bond motifs is 1. The fourth-order valence-corrected chi connectivity index (χ4v) is 3.76. The lowest BCUT2D eigenvalue weighted by molar-refractivity contribution is -0.274. The molecule has 11 heteroatoms. The van der Waals surface area contributed by atoms with Gasteiger partial charge < -0.3 is 24.1 Å². The van der Waals surface area contributed by atoms with Crippen LogP contribution in [0.4, 0.5) is 19.1 Å². The van der Waals surface area contributed by atoms with Crippen LogP contribution in [0, 0.1) is 5.92 Å². The zero-order chi connectivity index (χ0) is 24.4. The Morgan fingerprint density at radius 1 is 1.03 bits per heavy atom. The Balaban J connectivity index is 1.18. The van der Waals surface area contributed by atoms with Gasteiger partial charge in [0, 0.05) is 19.5 Å². The Labute approximate surface area is 198 Å². The molecular formula is C24H22F3N5O3. The SMILES string of the molecule is Cn1c(NCc2ccc(Oc3ncc(OC(F)(F)F)cn3)cc2)nc2ccc(CC3COC3)cc21. The zero-order valence-electron chi connectivity index (χ0n) is 18.7. The summed E-state index contributed by atoms with van der Waals surface area (Å²) in [6, 6.07) is 13.5. The summed E-state index contributed by atoms with van der Waals surface area (Å²) < 4.78 is 53.2. The summed E-state index contributed by atoms with van der Waals surface area (Å²) in [5.41, 5.74) is 4.27. The van der Waals surface area contributed by atoms with E-state index in [4.69, 9.17) is 9.47 Å². The Morgan fingerprint density at radius 2 is 1.74 bits per heavy atom. The third kappa shape index (κ3) is 5.62. The lowest BCUT2D eigenvalue weighted by Gasteiger charge is -2.25. The van der Waals surface area contributed by atoms with Gasteiger partial charge in [0.15, 0.2) is 5.75 Å². The summed E-state index contributed by atoms with van der Waals surface area (Å²) in [4.78, 5) is 12.1. The molecule has 3 heterocycles. The number of hydrogen-bond acceptors (Lipinski definition) is 7. The maximum Gasteiger partial charge on any atom is 0.573 e. The third-order valence-electron chi connectivity index (χ3n) is 5.60. The van der Waals surface area contributed by atoms with Gasteiger partial charge >= 0.3 is 12.4 Å². The van der Waals surface area contributed by atoms with Crippen molar-refractivity contribution in [2.24, 2.45) is 13.0 Å². The van der Waals surface area contributed by atoms with E-state index in [-0.39, 0.29) is 6.01 Å². The van der Waals surface area contributed by atoms with Gasteiger partial charge in [-0.05, 0) is 41.8 Å². The highest BCUT2D eigenvalue weighted by Crippen LogP contribution is 2.25. The minimum absolute atomic E-state index is 0.0886. The summed E-state index contributed by atoms with van der Waals surface area (Å²) in [6.07, 6.45) is -1.99. The van der Waals surface area contributed by atoms with Gasteiger partial charge in [-0.25, -0.2) is 4.98 Å². The second kappa shape index (κ2) is 9.41. The molecule has 1 aliphatic heterocycles. The molecule has 0 amide bonds. The molecule has 1 aliphatic rings. The molecule has 5 rings (SSSR count). The van der Waals surface area contributed by atoms with Crippen LogP contribution < -0.4 is 14.8 Å². The van der Waals surface area contributed by atoms with Gasteiger partial charge in [0.05, 0.1) is 36.6 Å². The summed E-state index contributed by atoms with van der Waals surface area (Å²) in [7, 11) is 1.98. The van der Waals surface area contributed by atoms with Crippen molar-refractivity contribution in [2.75, 3.05) is 18.5 Å². The minimum Gasteiger partial charge on any atom is -0.424 e. The number of ether oxygens (including phenoxy) is 3. The van der Waals surface area contributed by atoms with Crippen molar-refractivity contribution in [1.82, 2.24) is 19.5 Å². The van der Waals surface area contributed by atoms with Crippen molar-refractivity contribution in [3.8, 4) is 17.5 Å². The van der Waals surface area contributed by atoms with Gasteiger partial charge in [-0.15, -0.1) is 13.2 Å². The number of alkyl halides is 3. The molecule has 0 unspecified atom stereocenters. The van der Waals surface area contributed by atoms with Gasteiger partial charge in [0.2, 0.25) is 5.95 Å². The van der Waals surface area contributed by atoms with E-state index >= 15 is 0 Å². The lowest BCUT2D eigenvalue weighted by atomic mass is 9.98. The second-order valence-corrected chi connectivity index (χ2v) is 8.27. The van der Waals surface area contributed by atoms with Crippen LogP contribution in [0.3, 0.4) is 0 Å². The Bertz CT molecular complexity index is 1300. The molecule has 2 aromatic heterocycles. The number of aromatic nitrogens is 4. The molecule has 182 valence electrons. The van der Waals surface area contributed by atoms with Crippen molar-refractivity contribution in [3.05, 3.63) is 66.0 Å². The van der Waals surface area contributed by atoms with Crippen LogP contribution in [0.1, 0.15) is 11.1 Å². The van der Waals surface area contributed by atoms with Crippen LogP contribution in [0.5, 0.6) is 17.5 Å². The largest absolute Gasteiger partial charge is 0.573 e. The topological polar surface area (TPSA) is 83.3 Å². The van der Waals surface area contributed by atoms with Crippen LogP contribution in [0.2, 0.25) is 0 Å². The molecule has 1 saturated heterocycles.